The van der Waals surface area contributed by atoms with E-state index >= 15 is 0 Å². The Morgan fingerprint density at radius 2 is 1.43 bits per heavy atom. The molecule has 2 aliphatic rings. The lowest BCUT2D eigenvalue weighted by Gasteiger charge is -2.35. The molecule has 0 fully saturated rings. The minimum absolute atomic E-state index is 0.0750. The maximum Gasteiger partial charge on any atom is 0.314 e. The number of amides is 2. The molecule has 1 spiro atoms. The van der Waals surface area contributed by atoms with Gasteiger partial charge in [0.1, 0.15) is 11.3 Å². The average molecular weight is 536 g/mol. The van der Waals surface area contributed by atoms with Gasteiger partial charge in [0.25, 0.3) is 0 Å². The fourth-order valence-corrected chi connectivity index (χ4v) is 6.07. The highest BCUT2D eigenvalue weighted by molar-refractivity contribution is 6.26. The monoisotopic (exact) mass is 535 g/mol. The summed E-state index contributed by atoms with van der Waals surface area (Å²) in [6.45, 7) is 5.08. The number of anilines is 1. The Balaban J connectivity index is 1.73. The van der Waals surface area contributed by atoms with E-state index in [4.69, 9.17) is 4.74 Å². The number of esters is 1. The van der Waals surface area contributed by atoms with Crippen LogP contribution in [0.4, 0.5) is 5.69 Å². The number of para-hydroxylation sites is 1. The smallest absolute Gasteiger partial charge is 0.314 e. The zero-order chi connectivity index (χ0) is 28.8. The van der Waals surface area contributed by atoms with Gasteiger partial charge < -0.3 is 4.74 Å². The highest BCUT2D eigenvalue weighted by Gasteiger charge is 2.67. The molecule has 7 heteroatoms. The van der Waals surface area contributed by atoms with E-state index in [0.717, 1.165) is 16.0 Å². The summed E-state index contributed by atoms with van der Waals surface area (Å²) in [6, 6.07) is 20.7. The highest BCUT2D eigenvalue weighted by atomic mass is 16.5. The lowest BCUT2D eigenvalue weighted by molar-refractivity contribution is -0.149. The van der Waals surface area contributed by atoms with Gasteiger partial charge in [-0.3, -0.25) is 24.0 Å². The molecule has 0 aromatic heterocycles. The van der Waals surface area contributed by atoms with Crippen LogP contribution in [-0.2, 0) is 24.5 Å². The summed E-state index contributed by atoms with van der Waals surface area (Å²) in [4.78, 5) is 69.4. The van der Waals surface area contributed by atoms with Gasteiger partial charge in [-0.25, -0.2) is 4.90 Å². The molecule has 3 aromatic carbocycles. The molecule has 0 N–H and O–H groups in total. The number of fused-ring (bicyclic) bond motifs is 2. The van der Waals surface area contributed by atoms with Crippen LogP contribution in [0.5, 0.6) is 0 Å². The van der Waals surface area contributed by atoms with Crippen molar-refractivity contribution < 1.29 is 28.7 Å². The highest BCUT2D eigenvalue weighted by Crippen LogP contribution is 2.58. The number of ether oxygens (including phenoxy) is 1. The third-order valence-electron chi connectivity index (χ3n) is 7.99. The Bertz CT molecular complexity index is 1580. The molecule has 40 heavy (non-hydrogen) atoms. The number of methoxy groups -OCH3 is 1. The van der Waals surface area contributed by atoms with Crippen molar-refractivity contribution in [1.82, 2.24) is 0 Å². The number of ketones is 2. The van der Waals surface area contributed by atoms with Crippen molar-refractivity contribution in [3.05, 3.63) is 112 Å². The first-order chi connectivity index (χ1) is 19.1. The summed E-state index contributed by atoms with van der Waals surface area (Å²) < 4.78 is 5.19. The second kappa shape index (κ2) is 10.2. The van der Waals surface area contributed by atoms with Crippen molar-refractivity contribution in [3.8, 4) is 0 Å². The Morgan fingerprint density at radius 3 is 2.00 bits per heavy atom. The fraction of sp³-hybridized carbons (Fsp3) is 0.242. The second-order valence-electron chi connectivity index (χ2n) is 10.4. The molecule has 202 valence electrons. The number of imide groups is 1. The third kappa shape index (κ3) is 4.09. The summed E-state index contributed by atoms with van der Waals surface area (Å²) >= 11 is 0. The molecule has 1 aliphatic heterocycles. The van der Waals surface area contributed by atoms with Crippen LogP contribution in [0.3, 0.4) is 0 Å². The number of nitrogens with zero attached hydrogens (tertiary/aromatic N) is 1. The van der Waals surface area contributed by atoms with Gasteiger partial charge in [-0.1, -0.05) is 83.9 Å². The number of aryl methyl sites for hydroxylation is 2. The SMILES string of the molecule is COC(=O)[C@@H]1C(C(=O)c2ccc(C)cc2)=C[C@@H](CC(=O)c2ccc(C)cc2)[C@@]12C(=O)N(C(C)=O)c1ccccc12. The van der Waals surface area contributed by atoms with Gasteiger partial charge in [-0.15, -0.1) is 0 Å². The number of hydrogen-bond donors (Lipinski definition) is 0. The van der Waals surface area contributed by atoms with Crippen molar-refractivity contribution in [2.75, 3.05) is 12.0 Å². The van der Waals surface area contributed by atoms with Gasteiger partial charge in [-0.2, -0.15) is 0 Å². The zero-order valence-electron chi connectivity index (χ0n) is 22.8. The van der Waals surface area contributed by atoms with Gasteiger partial charge in [0.05, 0.1) is 12.8 Å². The van der Waals surface area contributed by atoms with Crippen molar-refractivity contribution in [2.24, 2.45) is 11.8 Å². The van der Waals surface area contributed by atoms with Crippen LogP contribution >= 0.6 is 0 Å². The summed E-state index contributed by atoms with van der Waals surface area (Å²) in [5, 5.41) is 0. The predicted octanol–water partition coefficient (Wildman–Crippen LogP) is 4.94. The van der Waals surface area contributed by atoms with Gasteiger partial charge in [0.2, 0.25) is 11.8 Å². The van der Waals surface area contributed by atoms with Crippen LogP contribution in [0, 0.1) is 25.7 Å². The molecule has 1 aliphatic carbocycles. The summed E-state index contributed by atoms with van der Waals surface area (Å²) in [5.74, 6) is -4.91. The number of allylic oxidation sites excluding steroid dienone is 1. The molecule has 0 radical (unpaired) electrons. The van der Waals surface area contributed by atoms with E-state index in [1.54, 1.807) is 66.7 Å². The van der Waals surface area contributed by atoms with Crippen molar-refractivity contribution in [1.29, 1.82) is 0 Å². The second-order valence-corrected chi connectivity index (χ2v) is 10.4. The zero-order valence-corrected chi connectivity index (χ0v) is 22.8. The van der Waals surface area contributed by atoms with Gasteiger partial charge in [0, 0.05) is 36.0 Å². The quantitative estimate of drug-likeness (QED) is 0.328. The number of hydrogen-bond acceptors (Lipinski definition) is 6. The fourth-order valence-electron chi connectivity index (χ4n) is 6.07. The summed E-state index contributed by atoms with van der Waals surface area (Å²) in [5.41, 5.74) is 1.84. The molecular formula is C33H29NO6. The molecule has 0 unspecified atom stereocenters. The predicted molar refractivity (Wildman–Crippen MR) is 149 cm³/mol. The normalized spacial score (nSPS) is 21.2. The maximum absolute atomic E-state index is 14.4. The van der Waals surface area contributed by atoms with Gasteiger partial charge in [-0.05, 0) is 25.5 Å². The third-order valence-corrected chi connectivity index (χ3v) is 7.99. The first kappa shape index (κ1) is 26.9. The number of carbonyl (C=O) groups is 5. The molecule has 1 heterocycles. The van der Waals surface area contributed by atoms with Gasteiger partial charge in [0.15, 0.2) is 11.6 Å². The molecule has 0 bridgehead atoms. The van der Waals surface area contributed by atoms with E-state index in [1.165, 1.54) is 14.0 Å². The Hall–Kier alpha value is -4.65. The van der Waals surface area contributed by atoms with E-state index in [2.05, 4.69) is 0 Å². The van der Waals surface area contributed by atoms with E-state index < -0.39 is 40.8 Å². The first-order valence-corrected chi connectivity index (χ1v) is 13.1. The summed E-state index contributed by atoms with van der Waals surface area (Å²) in [6.07, 6.45) is 1.42. The molecule has 3 aromatic rings. The van der Waals surface area contributed by atoms with Crippen molar-refractivity contribution >= 4 is 35.0 Å². The van der Waals surface area contributed by atoms with Gasteiger partial charge >= 0.3 is 5.97 Å². The van der Waals surface area contributed by atoms with Crippen LogP contribution in [0.1, 0.15) is 50.8 Å². The molecule has 5 rings (SSSR count). The van der Waals surface area contributed by atoms with E-state index in [-0.39, 0.29) is 17.8 Å². The summed E-state index contributed by atoms with van der Waals surface area (Å²) in [7, 11) is 1.20. The number of carbonyl (C=O) groups excluding carboxylic acids is 5. The average Bonchev–Trinajstić information content (AvgIpc) is 3.41. The van der Waals surface area contributed by atoms with E-state index in [1.807, 2.05) is 26.0 Å². The lowest BCUT2D eigenvalue weighted by Crippen LogP contribution is -2.52. The Labute approximate surface area is 232 Å². The van der Waals surface area contributed by atoms with E-state index in [0.29, 0.717) is 22.4 Å². The molecule has 0 saturated heterocycles. The molecular weight excluding hydrogens is 506 g/mol. The van der Waals surface area contributed by atoms with Crippen LogP contribution < -0.4 is 4.90 Å². The van der Waals surface area contributed by atoms with Crippen LogP contribution in [0.2, 0.25) is 0 Å². The largest absolute Gasteiger partial charge is 0.469 e. The first-order valence-electron chi connectivity index (χ1n) is 13.1. The number of rotatable bonds is 6. The minimum Gasteiger partial charge on any atom is -0.469 e. The Kier molecular flexibility index (Phi) is 6.84. The van der Waals surface area contributed by atoms with Crippen molar-refractivity contribution in [2.45, 2.75) is 32.6 Å². The minimum atomic E-state index is -1.72. The topological polar surface area (TPSA) is 97.8 Å². The molecule has 2 amide bonds. The molecule has 7 nitrogen and oxygen atoms in total. The molecule has 0 saturated carbocycles. The number of Topliss-reactive ketones (excluding diaryl/α,β-unsaturated/α-hetero) is 2. The standard InChI is InChI=1S/C33H29NO6/c1-19-9-13-22(14-10-19)28(36)18-24-17-25(30(37)23-15-11-20(2)12-16-23)29(31(38)40-4)33(24)26-7-5-6-8-27(26)34(21(3)35)32(33)39/h5-17,24,29H,18H2,1-4H3/t24-,29-,33-/m0/s1. The van der Waals surface area contributed by atoms with Crippen molar-refractivity contribution in [3.63, 3.8) is 0 Å². The maximum atomic E-state index is 14.4. The lowest BCUT2D eigenvalue weighted by atomic mass is 9.64. The molecule has 3 atom stereocenters. The Morgan fingerprint density at radius 1 is 0.850 bits per heavy atom. The van der Waals surface area contributed by atoms with Crippen LogP contribution in [-0.4, -0.2) is 36.5 Å². The van der Waals surface area contributed by atoms with Crippen LogP contribution in [0.15, 0.2) is 84.4 Å². The van der Waals surface area contributed by atoms with Crippen LogP contribution in [0.25, 0.3) is 0 Å². The van der Waals surface area contributed by atoms with E-state index in [9.17, 15) is 24.0 Å². The number of benzene rings is 3.